The molecular formula is C6H4ClN3OS. The van der Waals surface area contributed by atoms with Crippen LogP contribution in [0, 0.1) is 6.92 Å². The van der Waals surface area contributed by atoms with Crippen molar-refractivity contribution in [1.82, 2.24) is 13.8 Å². The van der Waals surface area contributed by atoms with E-state index < -0.39 is 5.24 Å². The first kappa shape index (κ1) is 7.70. The van der Waals surface area contributed by atoms with Gasteiger partial charge in [-0.05, 0) is 30.1 Å². The zero-order valence-corrected chi connectivity index (χ0v) is 7.69. The molecule has 4 nitrogen and oxygen atoms in total. The standard InChI is InChI=1S/C6H4ClN3OS/c1-3-9-12-6-4(5(7)11)8-2-10(3)6/h2H,1H3. The van der Waals surface area contributed by atoms with Crippen LogP contribution in [0.4, 0.5) is 0 Å². The molecule has 2 aromatic rings. The molecule has 0 saturated heterocycles. The molecule has 0 aromatic carbocycles. The molecule has 6 heteroatoms. The van der Waals surface area contributed by atoms with E-state index >= 15 is 0 Å². The van der Waals surface area contributed by atoms with Gasteiger partial charge in [0, 0.05) is 0 Å². The van der Waals surface area contributed by atoms with Gasteiger partial charge in [0.15, 0.2) is 10.5 Å². The molecule has 2 heterocycles. The number of aryl methyl sites for hydroxylation is 1. The molecule has 0 saturated carbocycles. The topological polar surface area (TPSA) is 47.3 Å². The maximum absolute atomic E-state index is 10.8. The Labute approximate surface area is 77.0 Å². The van der Waals surface area contributed by atoms with Gasteiger partial charge in [0.1, 0.15) is 12.2 Å². The lowest BCUT2D eigenvalue weighted by Crippen LogP contribution is -1.87. The predicted octanol–water partition coefficient (Wildman–Crippen LogP) is 1.48. The fraction of sp³-hybridized carbons (Fsp3) is 0.167. The summed E-state index contributed by atoms with van der Waals surface area (Å²) in [4.78, 5) is 15.4. The summed E-state index contributed by atoms with van der Waals surface area (Å²) in [5.74, 6) is 0.812. The van der Waals surface area contributed by atoms with Crippen LogP contribution in [0.1, 0.15) is 16.3 Å². The minimum Gasteiger partial charge on any atom is -0.276 e. The van der Waals surface area contributed by atoms with Gasteiger partial charge in [0.05, 0.1) is 0 Å². The van der Waals surface area contributed by atoms with Crippen molar-refractivity contribution in [1.29, 1.82) is 0 Å². The van der Waals surface area contributed by atoms with Crippen molar-refractivity contribution in [2.75, 3.05) is 0 Å². The molecule has 2 rings (SSSR count). The van der Waals surface area contributed by atoms with Gasteiger partial charge in [0.2, 0.25) is 0 Å². The van der Waals surface area contributed by atoms with E-state index in [0.717, 1.165) is 5.82 Å². The van der Waals surface area contributed by atoms with Gasteiger partial charge in [-0.3, -0.25) is 9.20 Å². The molecular weight excluding hydrogens is 198 g/mol. The normalized spacial score (nSPS) is 10.8. The number of imidazole rings is 1. The highest BCUT2D eigenvalue weighted by Gasteiger charge is 2.13. The molecule has 0 aliphatic rings. The summed E-state index contributed by atoms with van der Waals surface area (Å²) >= 11 is 6.52. The lowest BCUT2D eigenvalue weighted by molar-refractivity contribution is 0.107. The van der Waals surface area contributed by atoms with Gasteiger partial charge in [-0.2, -0.15) is 4.37 Å². The fourth-order valence-electron chi connectivity index (χ4n) is 0.943. The first-order chi connectivity index (χ1) is 5.70. The lowest BCUT2D eigenvalue weighted by atomic mass is 10.5. The van der Waals surface area contributed by atoms with E-state index in [1.54, 1.807) is 10.7 Å². The molecule has 12 heavy (non-hydrogen) atoms. The van der Waals surface area contributed by atoms with Crippen LogP contribution in [-0.4, -0.2) is 19.0 Å². The number of fused-ring (bicyclic) bond motifs is 1. The quantitative estimate of drug-likeness (QED) is 0.657. The smallest absolute Gasteiger partial charge is 0.273 e. The minimum absolute atomic E-state index is 0.280. The zero-order valence-electron chi connectivity index (χ0n) is 6.11. The van der Waals surface area contributed by atoms with Gasteiger partial charge in [-0.25, -0.2) is 4.98 Å². The summed E-state index contributed by atoms with van der Waals surface area (Å²) in [6, 6.07) is 0. The molecule has 0 N–H and O–H groups in total. The SMILES string of the molecule is Cc1nsc2c(C(=O)Cl)ncn12. The van der Waals surface area contributed by atoms with Crippen LogP contribution in [0.2, 0.25) is 0 Å². The van der Waals surface area contributed by atoms with Crippen molar-refractivity contribution < 1.29 is 4.79 Å². The molecule has 0 fully saturated rings. The number of halogens is 1. The summed E-state index contributed by atoms with van der Waals surface area (Å²) in [6.45, 7) is 1.84. The Morgan fingerprint density at radius 3 is 3.17 bits per heavy atom. The summed E-state index contributed by atoms with van der Waals surface area (Å²) < 4.78 is 5.79. The second-order valence-electron chi connectivity index (χ2n) is 2.27. The summed E-state index contributed by atoms with van der Waals surface area (Å²) in [6.07, 6.45) is 1.55. The number of aromatic nitrogens is 3. The highest BCUT2D eigenvalue weighted by atomic mass is 35.5. The van der Waals surface area contributed by atoms with Gasteiger partial charge in [-0.1, -0.05) is 0 Å². The van der Waals surface area contributed by atoms with Crippen LogP contribution in [0.5, 0.6) is 0 Å². The van der Waals surface area contributed by atoms with E-state index in [-0.39, 0.29) is 5.69 Å². The van der Waals surface area contributed by atoms with Crippen LogP contribution < -0.4 is 0 Å². The molecule has 0 aliphatic heterocycles. The Hall–Kier alpha value is -0.940. The predicted molar refractivity (Wildman–Crippen MR) is 45.8 cm³/mol. The Morgan fingerprint density at radius 1 is 1.75 bits per heavy atom. The Kier molecular flexibility index (Phi) is 1.62. The average Bonchev–Trinajstić information content (AvgIpc) is 2.53. The van der Waals surface area contributed by atoms with Gasteiger partial charge in [-0.15, -0.1) is 0 Å². The van der Waals surface area contributed by atoms with Gasteiger partial charge < -0.3 is 0 Å². The minimum atomic E-state index is -0.541. The van der Waals surface area contributed by atoms with Crippen molar-refractivity contribution in [3.63, 3.8) is 0 Å². The summed E-state index contributed by atoms with van der Waals surface area (Å²) in [5, 5.41) is -0.541. The first-order valence-corrected chi connectivity index (χ1v) is 4.34. The van der Waals surface area contributed by atoms with E-state index in [2.05, 4.69) is 9.36 Å². The number of carbonyl (C=O) groups excluding carboxylic acids is 1. The molecule has 0 unspecified atom stereocenters. The average molecular weight is 202 g/mol. The summed E-state index contributed by atoms with van der Waals surface area (Å²) in [7, 11) is 0. The van der Waals surface area contributed by atoms with E-state index in [1.165, 1.54) is 11.5 Å². The highest BCUT2D eigenvalue weighted by molar-refractivity contribution is 7.12. The van der Waals surface area contributed by atoms with Crippen molar-refractivity contribution in [2.45, 2.75) is 6.92 Å². The molecule has 0 amide bonds. The number of hydrogen-bond donors (Lipinski definition) is 0. The largest absolute Gasteiger partial charge is 0.276 e. The Balaban J connectivity index is 2.79. The molecule has 0 radical (unpaired) electrons. The third-order valence-corrected chi connectivity index (χ3v) is 2.62. The van der Waals surface area contributed by atoms with Crippen LogP contribution in [-0.2, 0) is 0 Å². The van der Waals surface area contributed by atoms with Crippen LogP contribution in [0.3, 0.4) is 0 Å². The van der Waals surface area contributed by atoms with Crippen LogP contribution >= 0.6 is 23.1 Å². The molecule has 0 aliphatic carbocycles. The molecule has 0 spiro atoms. The first-order valence-electron chi connectivity index (χ1n) is 3.19. The van der Waals surface area contributed by atoms with Crippen molar-refractivity contribution in [3.05, 3.63) is 17.8 Å². The van der Waals surface area contributed by atoms with Crippen LogP contribution in [0.15, 0.2) is 6.33 Å². The third-order valence-electron chi connectivity index (χ3n) is 1.52. The van der Waals surface area contributed by atoms with Crippen LogP contribution in [0.25, 0.3) is 4.83 Å². The number of hydrogen-bond acceptors (Lipinski definition) is 4. The number of carbonyl (C=O) groups is 1. The molecule has 2 aromatic heterocycles. The second kappa shape index (κ2) is 2.53. The van der Waals surface area contributed by atoms with Crippen molar-refractivity contribution in [3.8, 4) is 0 Å². The van der Waals surface area contributed by atoms with E-state index in [4.69, 9.17) is 11.6 Å². The Morgan fingerprint density at radius 2 is 2.50 bits per heavy atom. The summed E-state index contributed by atoms with van der Waals surface area (Å²) in [5.41, 5.74) is 0.280. The van der Waals surface area contributed by atoms with Gasteiger partial charge in [0.25, 0.3) is 5.24 Å². The number of nitrogens with zero attached hydrogens (tertiary/aromatic N) is 3. The monoisotopic (exact) mass is 201 g/mol. The highest BCUT2D eigenvalue weighted by Crippen LogP contribution is 2.17. The molecule has 0 atom stereocenters. The van der Waals surface area contributed by atoms with Crippen molar-refractivity contribution >= 4 is 33.2 Å². The lowest BCUT2D eigenvalue weighted by Gasteiger charge is -1.82. The molecule has 62 valence electrons. The Bertz CT molecular complexity index is 447. The maximum Gasteiger partial charge on any atom is 0.273 e. The maximum atomic E-state index is 10.8. The van der Waals surface area contributed by atoms with E-state index in [9.17, 15) is 4.79 Å². The fourth-order valence-corrected chi connectivity index (χ4v) is 1.94. The van der Waals surface area contributed by atoms with Gasteiger partial charge >= 0.3 is 0 Å². The third kappa shape index (κ3) is 0.937. The van der Waals surface area contributed by atoms with E-state index in [1.807, 2.05) is 6.92 Å². The zero-order chi connectivity index (χ0) is 8.72. The number of rotatable bonds is 1. The second-order valence-corrected chi connectivity index (χ2v) is 3.37. The molecule has 0 bridgehead atoms. The van der Waals surface area contributed by atoms with E-state index in [0.29, 0.717) is 4.83 Å². The van der Waals surface area contributed by atoms with Crippen molar-refractivity contribution in [2.24, 2.45) is 0 Å².